The maximum Gasteiger partial charge on any atom is 0.142 e. The van der Waals surface area contributed by atoms with Crippen LogP contribution in [0, 0.1) is 5.92 Å². The molecular formula is C13H16O. The Labute approximate surface area is 85.1 Å². The monoisotopic (exact) mass is 188 g/mol. The van der Waals surface area contributed by atoms with Crippen LogP contribution in [0.3, 0.4) is 0 Å². The van der Waals surface area contributed by atoms with Gasteiger partial charge in [0.2, 0.25) is 0 Å². The van der Waals surface area contributed by atoms with E-state index in [2.05, 4.69) is 18.2 Å². The zero-order valence-electron chi connectivity index (χ0n) is 8.79. The molecule has 2 rings (SSSR count). The van der Waals surface area contributed by atoms with Gasteiger partial charge in [0.1, 0.15) is 5.78 Å². The predicted molar refractivity (Wildman–Crippen MR) is 57.3 cm³/mol. The first-order valence-electron chi connectivity index (χ1n) is 5.31. The van der Waals surface area contributed by atoms with Crippen molar-refractivity contribution in [3.05, 3.63) is 35.4 Å². The zero-order valence-corrected chi connectivity index (χ0v) is 8.79. The highest BCUT2D eigenvalue weighted by Crippen LogP contribution is 2.30. The Bertz CT molecular complexity index is 354. The van der Waals surface area contributed by atoms with Crippen LogP contribution in [0.2, 0.25) is 0 Å². The maximum atomic E-state index is 11.9. The molecule has 0 saturated heterocycles. The highest BCUT2D eigenvalue weighted by Gasteiger charge is 2.26. The van der Waals surface area contributed by atoms with Gasteiger partial charge in [-0.1, -0.05) is 38.1 Å². The van der Waals surface area contributed by atoms with Crippen molar-refractivity contribution < 1.29 is 4.79 Å². The number of ketones is 1. The number of hydrogen-bond donors (Lipinski definition) is 0. The summed E-state index contributed by atoms with van der Waals surface area (Å²) in [5.74, 6) is 0.705. The predicted octanol–water partition coefficient (Wildman–Crippen LogP) is 2.94. The Morgan fingerprint density at radius 2 is 1.93 bits per heavy atom. The first-order chi connectivity index (χ1) is 6.70. The van der Waals surface area contributed by atoms with Gasteiger partial charge in [0.15, 0.2) is 0 Å². The third kappa shape index (κ3) is 1.47. The van der Waals surface area contributed by atoms with Crippen molar-refractivity contribution in [2.75, 3.05) is 0 Å². The number of fused-ring (bicyclic) bond motifs is 1. The van der Waals surface area contributed by atoms with E-state index in [1.807, 2.05) is 19.9 Å². The van der Waals surface area contributed by atoms with Crippen molar-refractivity contribution in [3.63, 3.8) is 0 Å². The minimum absolute atomic E-state index is 0.0868. The molecule has 1 nitrogen and oxygen atoms in total. The lowest BCUT2D eigenvalue weighted by molar-refractivity contribution is -0.123. The van der Waals surface area contributed by atoms with Gasteiger partial charge in [-0.2, -0.15) is 0 Å². The van der Waals surface area contributed by atoms with E-state index in [0.717, 1.165) is 12.8 Å². The summed E-state index contributed by atoms with van der Waals surface area (Å²) in [6, 6.07) is 8.33. The second-order valence-electron chi connectivity index (χ2n) is 4.26. The largest absolute Gasteiger partial charge is 0.299 e. The molecule has 0 aromatic heterocycles. The van der Waals surface area contributed by atoms with Gasteiger partial charge < -0.3 is 0 Å². The van der Waals surface area contributed by atoms with Crippen LogP contribution in [0.15, 0.2) is 24.3 Å². The van der Waals surface area contributed by atoms with Gasteiger partial charge in [-0.3, -0.25) is 4.79 Å². The summed E-state index contributed by atoms with van der Waals surface area (Å²) in [6.07, 6.45) is 2.05. The molecule has 1 aromatic carbocycles. The van der Waals surface area contributed by atoms with Crippen molar-refractivity contribution in [2.45, 2.75) is 32.6 Å². The van der Waals surface area contributed by atoms with Crippen LogP contribution >= 0.6 is 0 Å². The van der Waals surface area contributed by atoms with E-state index < -0.39 is 0 Å². The SMILES string of the molecule is CC1CCc2ccccc2C(C)C1=O. The molecule has 0 fully saturated rings. The Morgan fingerprint density at radius 3 is 2.71 bits per heavy atom. The smallest absolute Gasteiger partial charge is 0.142 e. The molecule has 1 heteroatoms. The second kappa shape index (κ2) is 3.56. The third-order valence-electron chi connectivity index (χ3n) is 3.28. The number of hydrogen-bond acceptors (Lipinski definition) is 1. The lowest BCUT2D eigenvalue weighted by Crippen LogP contribution is -2.15. The highest BCUT2D eigenvalue weighted by molar-refractivity contribution is 5.88. The molecule has 0 saturated carbocycles. The van der Waals surface area contributed by atoms with Gasteiger partial charge in [-0.05, 0) is 24.0 Å². The molecular weight excluding hydrogens is 172 g/mol. The van der Waals surface area contributed by atoms with Crippen LogP contribution < -0.4 is 0 Å². The molecule has 1 aliphatic carbocycles. The Hall–Kier alpha value is -1.11. The van der Waals surface area contributed by atoms with Crippen LogP contribution in [-0.4, -0.2) is 5.78 Å². The summed E-state index contributed by atoms with van der Waals surface area (Å²) in [5, 5.41) is 0. The van der Waals surface area contributed by atoms with E-state index in [9.17, 15) is 4.79 Å². The van der Waals surface area contributed by atoms with E-state index in [1.54, 1.807) is 0 Å². The van der Waals surface area contributed by atoms with Gasteiger partial charge in [0.25, 0.3) is 0 Å². The second-order valence-corrected chi connectivity index (χ2v) is 4.26. The third-order valence-corrected chi connectivity index (χ3v) is 3.28. The fourth-order valence-electron chi connectivity index (χ4n) is 2.28. The molecule has 2 atom stereocenters. The molecule has 0 amide bonds. The quantitative estimate of drug-likeness (QED) is 0.572. The lowest BCUT2D eigenvalue weighted by Gasteiger charge is -2.12. The molecule has 0 radical (unpaired) electrons. The fourth-order valence-corrected chi connectivity index (χ4v) is 2.28. The Balaban J connectivity index is 2.45. The lowest BCUT2D eigenvalue weighted by atomic mass is 9.91. The molecule has 1 aromatic rings. The zero-order chi connectivity index (χ0) is 10.1. The summed E-state index contributed by atoms with van der Waals surface area (Å²) < 4.78 is 0. The first-order valence-corrected chi connectivity index (χ1v) is 5.31. The summed E-state index contributed by atoms with van der Waals surface area (Å²) in [7, 11) is 0. The number of rotatable bonds is 0. The van der Waals surface area contributed by atoms with Crippen molar-refractivity contribution in [1.82, 2.24) is 0 Å². The van der Waals surface area contributed by atoms with Crippen LogP contribution in [0.25, 0.3) is 0 Å². The Kier molecular flexibility index (Phi) is 2.40. The molecule has 1 aliphatic rings. The number of benzene rings is 1. The standard InChI is InChI=1S/C13H16O/c1-9-7-8-11-5-3-4-6-12(11)10(2)13(9)14/h3-6,9-10H,7-8H2,1-2H3. The topological polar surface area (TPSA) is 17.1 Å². The van der Waals surface area contributed by atoms with Crippen LogP contribution in [0.5, 0.6) is 0 Å². The normalized spacial score (nSPS) is 26.9. The van der Waals surface area contributed by atoms with E-state index in [4.69, 9.17) is 0 Å². The first kappa shape index (κ1) is 9.45. The van der Waals surface area contributed by atoms with Crippen molar-refractivity contribution in [2.24, 2.45) is 5.92 Å². The van der Waals surface area contributed by atoms with Gasteiger partial charge >= 0.3 is 0 Å². The molecule has 0 spiro atoms. The van der Waals surface area contributed by atoms with Gasteiger partial charge in [-0.25, -0.2) is 0 Å². The number of aryl methyl sites for hydroxylation is 1. The van der Waals surface area contributed by atoms with E-state index in [0.29, 0.717) is 5.78 Å². The van der Waals surface area contributed by atoms with Gasteiger partial charge in [-0.15, -0.1) is 0 Å². The minimum atomic E-state index is 0.0868. The average Bonchev–Trinajstić information content (AvgIpc) is 2.32. The van der Waals surface area contributed by atoms with E-state index >= 15 is 0 Å². The maximum absolute atomic E-state index is 11.9. The van der Waals surface area contributed by atoms with Crippen LogP contribution in [-0.2, 0) is 11.2 Å². The number of carbonyl (C=O) groups excluding carboxylic acids is 1. The summed E-state index contributed by atoms with van der Waals surface area (Å²) in [6.45, 7) is 4.08. The van der Waals surface area contributed by atoms with Crippen LogP contribution in [0.4, 0.5) is 0 Å². The molecule has 0 aliphatic heterocycles. The van der Waals surface area contributed by atoms with Gasteiger partial charge in [0, 0.05) is 11.8 Å². The molecule has 14 heavy (non-hydrogen) atoms. The van der Waals surface area contributed by atoms with Crippen molar-refractivity contribution in [3.8, 4) is 0 Å². The highest BCUT2D eigenvalue weighted by atomic mass is 16.1. The summed E-state index contributed by atoms with van der Waals surface area (Å²) in [4.78, 5) is 11.9. The van der Waals surface area contributed by atoms with Crippen molar-refractivity contribution in [1.29, 1.82) is 0 Å². The van der Waals surface area contributed by atoms with Crippen molar-refractivity contribution >= 4 is 5.78 Å². The minimum Gasteiger partial charge on any atom is -0.299 e. The van der Waals surface area contributed by atoms with E-state index in [1.165, 1.54) is 11.1 Å². The molecule has 0 N–H and O–H groups in total. The molecule has 0 bridgehead atoms. The van der Waals surface area contributed by atoms with E-state index in [-0.39, 0.29) is 11.8 Å². The number of Topliss-reactive ketones (excluding diaryl/α,β-unsaturated/α-hetero) is 1. The Morgan fingerprint density at radius 1 is 1.21 bits per heavy atom. The average molecular weight is 188 g/mol. The fraction of sp³-hybridized carbons (Fsp3) is 0.462. The number of carbonyl (C=O) groups is 1. The molecule has 0 heterocycles. The van der Waals surface area contributed by atoms with Gasteiger partial charge in [0.05, 0.1) is 0 Å². The molecule has 2 unspecified atom stereocenters. The van der Waals surface area contributed by atoms with Crippen LogP contribution in [0.1, 0.15) is 37.3 Å². The summed E-state index contributed by atoms with van der Waals surface area (Å²) in [5.41, 5.74) is 2.60. The summed E-state index contributed by atoms with van der Waals surface area (Å²) >= 11 is 0. The molecule has 74 valence electrons.